The van der Waals surface area contributed by atoms with Crippen LogP contribution in [0.3, 0.4) is 0 Å². The number of halogens is 1. The number of hydrogen-bond acceptors (Lipinski definition) is 4. The Balaban J connectivity index is 2.68. The maximum atomic E-state index is 12.3. The average molecular weight is 398 g/mol. The molecule has 1 aromatic rings. The number of hydrogen-bond donors (Lipinski definition) is 1. The van der Waals surface area contributed by atoms with Crippen molar-refractivity contribution in [3.63, 3.8) is 0 Å². The fourth-order valence-corrected chi connectivity index (χ4v) is 2.78. The van der Waals surface area contributed by atoms with Gasteiger partial charge in [0, 0.05) is 32.0 Å². The molecule has 0 aliphatic carbocycles. The zero-order valence-corrected chi connectivity index (χ0v) is 13.8. The summed E-state index contributed by atoms with van der Waals surface area (Å²) < 4.78 is 6.11. The molecule has 0 aliphatic rings. The van der Waals surface area contributed by atoms with Gasteiger partial charge in [-0.15, -0.1) is 11.3 Å². The number of rotatable bonds is 7. The maximum Gasteiger partial charge on any atom is 0.254 e. The molecule has 0 radical (unpaired) electrons. The number of methoxy groups -OCH3 is 1. The highest BCUT2D eigenvalue weighted by Crippen LogP contribution is 2.18. The predicted molar refractivity (Wildman–Crippen MR) is 86.2 cm³/mol. The predicted octanol–water partition coefficient (Wildman–Crippen LogP) is 2.12. The van der Waals surface area contributed by atoms with E-state index in [-0.39, 0.29) is 5.91 Å². The monoisotopic (exact) mass is 398 g/mol. The molecule has 0 aliphatic heterocycles. The normalized spacial score (nSPS) is 10.3. The standard InChI is InChI=1S/C11H15IN2O2S2/c1-16-5-4-14(3-2-10(13)17)11(15)8-6-9(12)18-7-8/h6-7H,2-5H2,1H3,(H2,13,17). The highest BCUT2D eigenvalue weighted by Gasteiger charge is 2.16. The van der Waals surface area contributed by atoms with Gasteiger partial charge in [0.1, 0.15) is 0 Å². The largest absolute Gasteiger partial charge is 0.393 e. The van der Waals surface area contributed by atoms with E-state index in [9.17, 15) is 4.79 Å². The quantitative estimate of drug-likeness (QED) is 0.565. The molecule has 0 fully saturated rings. The molecule has 0 saturated carbocycles. The molecule has 1 aromatic heterocycles. The third-order valence-electron chi connectivity index (χ3n) is 2.30. The van der Waals surface area contributed by atoms with Gasteiger partial charge in [-0.05, 0) is 28.7 Å². The van der Waals surface area contributed by atoms with Gasteiger partial charge in [-0.2, -0.15) is 0 Å². The first-order chi connectivity index (χ1) is 8.54. The van der Waals surface area contributed by atoms with E-state index in [4.69, 9.17) is 22.7 Å². The van der Waals surface area contributed by atoms with Gasteiger partial charge >= 0.3 is 0 Å². The summed E-state index contributed by atoms with van der Waals surface area (Å²) in [4.78, 5) is 14.4. The van der Waals surface area contributed by atoms with Crippen LogP contribution >= 0.6 is 46.1 Å². The number of nitrogens with two attached hydrogens (primary N) is 1. The van der Waals surface area contributed by atoms with Crippen LogP contribution in [0.25, 0.3) is 0 Å². The molecular weight excluding hydrogens is 383 g/mol. The molecule has 1 rings (SSSR count). The van der Waals surface area contributed by atoms with Crippen LogP contribution < -0.4 is 5.73 Å². The zero-order valence-electron chi connectivity index (χ0n) is 10.0. The van der Waals surface area contributed by atoms with Gasteiger partial charge < -0.3 is 15.4 Å². The minimum atomic E-state index is 0.00228. The lowest BCUT2D eigenvalue weighted by Gasteiger charge is -2.21. The van der Waals surface area contributed by atoms with Crippen LogP contribution in [0.5, 0.6) is 0 Å². The Morgan fingerprint density at radius 1 is 1.61 bits per heavy atom. The number of ether oxygens (including phenoxy) is 1. The van der Waals surface area contributed by atoms with E-state index in [1.54, 1.807) is 23.3 Å². The molecule has 2 N–H and O–H groups in total. The van der Waals surface area contributed by atoms with Crippen LogP contribution in [-0.2, 0) is 4.74 Å². The van der Waals surface area contributed by atoms with Crippen molar-refractivity contribution in [2.75, 3.05) is 26.8 Å². The molecule has 1 amide bonds. The number of nitrogens with zero attached hydrogens (tertiary/aromatic N) is 1. The third kappa shape index (κ3) is 5.17. The zero-order chi connectivity index (χ0) is 13.5. The van der Waals surface area contributed by atoms with Crippen molar-refractivity contribution in [3.05, 3.63) is 19.9 Å². The second kappa shape index (κ2) is 8.03. The van der Waals surface area contributed by atoms with Crippen molar-refractivity contribution in [2.24, 2.45) is 5.73 Å². The Bertz CT molecular complexity index is 423. The maximum absolute atomic E-state index is 12.3. The van der Waals surface area contributed by atoms with E-state index in [1.807, 2.05) is 11.4 Å². The Morgan fingerprint density at radius 3 is 2.83 bits per heavy atom. The fourth-order valence-electron chi connectivity index (χ4n) is 1.37. The highest BCUT2D eigenvalue weighted by atomic mass is 127. The van der Waals surface area contributed by atoms with Gasteiger partial charge in [-0.1, -0.05) is 12.2 Å². The smallest absolute Gasteiger partial charge is 0.254 e. The minimum Gasteiger partial charge on any atom is -0.393 e. The second-order valence-corrected chi connectivity index (χ2v) is 6.97. The lowest BCUT2D eigenvalue weighted by atomic mass is 10.2. The van der Waals surface area contributed by atoms with Gasteiger partial charge in [0.2, 0.25) is 0 Å². The summed E-state index contributed by atoms with van der Waals surface area (Å²) in [6.45, 7) is 1.58. The molecule has 7 heteroatoms. The van der Waals surface area contributed by atoms with E-state index in [2.05, 4.69) is 22.6 Å². The molecule has 18 heavy (non-hydrogen) atoms. The molecule has 1 heterocycles. The van der Waals surface area contributed by atoms with E-state index in [1.165, 1.54) is 0 Å². The van der Waals surface area contributed by atoms with E-state index < -0.39 is 0 Å². The number of thiocarbonyl (C=S) groups is 1. The second-order valence-electron chi connectivity index (χ2n) is 3.64. The van der Waals surface area contributed by atoms with Crippen LogP contribution in [0.2, 0.25) is 0 Å². The Morgan fingerprint density at radius 2 is 2.33 bits per heavy atom. The Kier molecular flexibility index (Phi) is 7.05. The summed E-state index contributed by atoms with van der Waals surface area (Å²) in [5, 5.41) is 1.87. The molecular formula is C11H15IN2O2S2. The summed E-state index contributed by atoms with van der Waals surface area (Å²) in [6.07, 6.45) is 0.534. The van der Waals surface area contributed by atoms with Gasteiger partial charge in [-0.25, -0.2) is 0 Å². The van der Waals surface area contributed by atoms with Crippen molar-refractivity contribution in [2.45, 2.75) is 6.42 Å². The molecule has 0 unspecified atom stereocenters. The summed E-state index contributed by atoms with van der Waals surface area (Å²) in [5.74, 6) is 0.00228. The summed E-state index contributed by atoms with van der Waals surface area (Å²) >= 11 is 8.60. The summed E-state index contributed by atoms with van der Waals surface area (Å²) in [5.41, 5.74) is 6.19. The van der Waals surface area contributed by atoms with Gasteiger partial charge in [0.05, 0.1) is 20.0 Å². The molecule has 4 nitrogen and oxygen atoms in total. The topological polar surface area (TPSA) is 55.6 Å². The number of thiophene rings is 1. The summed E-state index contributed by atoms with van der Waals surface area (Å²) in [6, 6.07) is 1.88. The Hall–Kier alpha value is -0.250. The molecule has 0 bridgehead atoms. The van der Waals surface area contributed by atoms with Crippen LogP contribution in [0, 0.1) is 2.88 Å². The van der Waals surface area contributed by atoms with Crippen LogP contribution in [0.15, 0.2) is 11.4 Å². The first kappa shape index (κ1) is 15.8. The van der Waals surface area contributed by atoms with Crippen molar-refractivity contribution < 1.29 is 9.53 Å². The van der Waals surface area contributed by atoms with E-state index in [0.29, 0.717) is 36.7 Å². The fraction of sp³-hybridized carbons (Fsp3) is 0.455. The minimum absolute atomic E-state index is 0.00228. The molecule has 0 saturated heterocycles. The number of carbonyl (C=O) groups excluding carboxylic acids is 1. The van der Waals surface area contributed by atoms with Crippen LogP contribution in [0.1, 0.15) is 16.8 Å². The van der Waals surface area contributed by atoms with Crippen molar-refractivity contribution in [1.29, 1.82) is 0 Å². The number of amides is 1. The first-order valence-electron chi connectivity index (χ1n) is 5.35. The molecule has 0 aromatic carbocycles. The van der Waals surface area contributed by atoms with Crippen LogP contribution in [-0.4, -0.2) is 42.6 Å². The third-order valence-corrected chi connectivity index (χ3v) is 4.29. The molecule has 0 spiro atoms. The highest BCUT2D eigenvalue weighted by molar-refractivity contribution is 14.1. The van der Waals surface area contributed by atoms with Gasteiger partial charge in [0.15, 0.2) is 0 Å². The first-order valence-corrected chi connectivity index (χ1v) is 7.71. The van der Waals surface area contributed by atoms with Crippen molar-refractivity contribution >= 4 is 57.0 Å². The molecule has 100 valence electrons. The van der Waals surface area contributed by atoms with Gasteiger partial charge in [0.25, 0.3) is 5.91 Å². The van der Waals surface area contributed by atoms with E-state index >= 15 is 0 Å². The van der Waals surface area contributed by atoms with Gasteiger partial charge in [-0.3, -0.25) is 4.79 Å². The van der Waals surface area contributed by atoms with Crippen molar-refractivity contribution in [1.82, 2.24) is 4.90 Å². The lowest BCUT2D eigenvalue weighted by molar-refractivity contribution is 0.0702. The summed E-state index contributed by atoms with van der Waals surface area (Å²) in [7, 11) is 1.61. The molecule has 0 atom stereocenters. The van der Waals surface area contributed by atoms with Crippen LogP contribution in [0.4, 0.5) is 0 Å². The Labute approximate surface area is 130 Å². The average Bonchev–Trinajstić information content (AvgIpc) is 2.75. The number of carbonyl (C=O) groups is 1. The van der Waals surface area contributed by atoms with E-state index in [0.717, 1.165) is 2.88 Å². The SMILES string of the molecule is COCCN(CCC(N)=S)C(=O)c1csc(I)c1. The lowest BCUT2D eigenvalue weighted by Crippen LogP contribution is -2.36. The van der Waals surface area contributed by atoms with Crippen molar-refractivity contribution in [3.8, 4) is 0 Å².